The number of thiazole rings is 1. The van der Waals surface area contributed by atoms with Gasteiger partial charge in [-0.2, -0.15) is 0 Å². The maximum absolute atomic E-state index is 13.2. The summed E-state index contributed by atoms with van der Waals surface area (Å²) in [6.45, 7) is 3.81. The molecule has 0 amide bonds. The summed E-state index contributed by atoms with van der Waals surface area (Å²) in [5.74, 6) is -0.334. The molecule has 2 nitrogen and oxygen atoms in total. The largest absolute Gasteiger partial charge is 0.320 e. The molecule has 1 heterocycles. The molecular weight excluding hydrogens is 259 g/mol. The van der Waals surface area contributed by atoms with Gasteiger partial charge < -0.3 is 5.73 Å². The van der Waals surface area contributed by atoms with Crippen LogP contribution >= 0.6 is 22.9 Å². The summed E-state index contributed by atoms with van der Waals surface area (Å²) in [6.07, 6.45) is 0. The minimum atomic E-state index is -0.426. The first-order chi connectivity index (χ1) is 7.99. The molecule has 1 unspecified atom stereocenters. The van der Waals surface area contributed by atoms with Crippen LogP contribution in [0.4, 0.5) is 4.39 Å². The average molecular weight is 271 g/mol. The van der Waals surface area contributed by atoms with Crippen molar-refractivity contribution >= 4 is 22.9 Å². The lowest BCUT2D eigenvalue weighted by molar-refractivity contribution is 0.624. The monoisotopic (exact) mass is 270 g/mol. The summed E-state index contributed by atoms with van der Waals surface area (Å²) < 4.78 is 13.2. The zero-order valence-electron chi connectivity index (χ0n) is 9.50. The minimum absolute atomic E-state index is 0.334. The van der Waals surface area contributed by atoms with Crippen LogP contribution in [0.5, 0.6) is 0 Å². The Hall–Kier alpha value is -0.970. The van der Waals surface area contributed by atoms with Gasteiger partial charge in [0.05, 0.1) is 16.7 Å². The van der Waals surface area contributed by atoms with E-state index in [1.807, 2.05) is 13.8 Å². The molecule has 90 valence electrons. The van der Waals surface area contributed by atoms with Gasteiger partial charge >= 0.3 is 0 Å². The number of aromatic nitrogens is 1. The van der Waals surface area contributed by atoms with Gasteiger partial charge in [-0.1, -0.05) is 11.6 Å². The van der Waals surface area contributed by atoms with Crippen molar-refractivity contribution in [2.45, 2.75) is 19.9 Å². The second kappa shape index (κ2) is 4.72. The maximum atomic E-state index is 13.2. The molecule has 1 aromatic carbocycles. The fraction of sp³-hybridized carbons (Fsp3) is 0.250. The fourth-order valence-electron chi connectivity index (χ4n) is 1.73. The van der Waals surface area contributed by atoms with Gasteiger partial charge in [0.1, 0.15) is 5.82 Å². The average Bonchev–Trinajstić information content (AvgIpc) is 2.60. The zero-order chi connectivity index (χ0) is 12.6. The minimum Gasteiger partial charge on any atom is -0.320 e. The lowest BCUT2D eigenvalue weighted by Gasteiger charge is -2.12. The van der Waals surface area contributed by atoms with E-state index in [1.165, 1.54) is 29.5 Å². The van der Waals surface area contributed by atoms with Crippen LogP contribution in [0.25, 0.3) is 0 Å². The molecule has 0 aliphatic heterocycles. The first-order valence-corrected chi connectivity index (χ1v) is 6.33. The number of hydrogen-bond donors (Lipinski definition) is 1. The molecule has 0 spiro atoms. The van der Waals surface area contributed by atoms with E-state index in [0.717, 1.165) is 15.6 Å². The predicted octanol–water partition coefficient (Wildman–Crippen LogP) is 3.60. The molecule has 1 atom stereocenters. The second-order valence-electron chi connectivity index (χ2n) is 3.83. The Kier molecular flexibility index (Phi) is 3.47. The zero-order valence-corrected chi connectivity index (χ0v) is 11.1. The Bertz CT molecular complexity index is 553. The summed E-state index contributed by atoms with van der Waals surface area (Å²) in [6, 6.07) is 3.80. The van der Waals surface area contributed by atoms with Crippen molar-refractivity contribution < 1.29 is 4.39 Å². The smallest absolute Gasteiger partial charge is 0.123 e. The van der Waals surface area contributed by atoms with Crippen LogP contribution in [0.2, 0.25) is 5.02 Å². The molecule has 2 rings (SSSR count). The van der Waals surface area contributed by atoms with Crippen LogP contribution in [-0.2, 0) is 0 Å². The summed E-state index contributed by atoms with van der Waals surface area (Å²) in [7, 11) is 0. The van der Waals surface area contributed by atoms with Crippen LogP contribution < -0.4 is 5.73 Å². The van der Waals surface area contributed by atoms with Gasteiger partial charge in [-0.25, -0.2) is 9.37 Å². The van der Waals surface area contributed by atoms with E-state index in [4.69, 9.17) is 17.3 Å². The van der Waals surface area contributed by atoms with Crippen LogP contribution in [0.1, 0.15) is 27.2 Å². The van der Waals surface area contributed by atoms with Crippen molar-refractivity contribution in [1.29, 1.82) is 0 Å². The Labute approximate surface area is 108 Å². The van der Waals surface area contributed by atoms with E-state index in [0.29, 0.717) is 10.6 Å². The number of hydrogen-bond acceptors (Lipinski definition) is 3. The lowest BCUT2D eigenvalue weighted by Crippen LogP contribution is -2.12. The molecule has 0 fully saturated rings. The van der Waals surface area contributed by atoms with Crippen LogP contribution in [-0.4, -0.2) is 4.98 Å². The van der Waals surface area contributed by atoms with Crippen LogP contribution in [0.15, 0.2) is 18.2 Å². The summed E-state index contributed by atoms with van der Waals surface area (Å²) in [4.78, 5) is 5.24. The van der Waals surface area contributed by atoms with Gasteiger partial charge in [-0.05, 0) is 37.6 Å². The van der Waals surface area contributed by atoms with Gasteiger partial charge in [-0.3, -0.25) is 0 Å². The van der Waals surface area contributed by atoms with Gasteiger partial charge in [0.2, 0.25) is 0 Å². The van der Waals surface area contributed by atoms with E-state index >= 15 is 0 Å². The van der Waals surface area contributed by atoms with Crippen molar-refractivity contribution in [3.63, 3.8) is 0 Å². The fourth-order valence-corrected chi connectivity index (χ4v) is 2.91. The van der Waals surface area contributed by atoms with E-state index in [2.05, 4.69) is 4.98 Å². The number of aryl methyl sites for hydroxylation is 2. The molecule has 0 aliphatic carbocycles. The van der Waals surface area contributed by atoms with Gasteiger partial charge in [0, 0.05) is 9.90 Å². The topological polar surface area (TPSA) is 38.9 Å². The third-order valence-electron chi connectivity index (χ3n) is 2.51. The molecule has 0 radical (unpaired) electrons. The van der Waals surface area contributed by atoms with Crippen LogP contribution in [0, 0.1) is 19.7 Å². The Morgan fingerprint density at radius 2 is 2.12 bits per heavy atom. The number of rotatable bonds is 2. The Morgan fingerprint density at radius 1 is 1.41 bits per heavy atom. The highest BCUT2D eigenvalue weighted by atomic mass is 35.5. The molecular formula is C12H12ClFN2S. The van der Waals surface area contributed by atoms with Crippen molar-refractivity contribution in [2.75, 3.05) is 0 Å². The van der Waals surface area contributed by atoms with E-state index in [9.17, 15) is 4.39 Å². The first-order valence-electron chi connectivity index (χ1n) is 5.13. The third kappa shape index (κ3) is 2.49. The Morgan fingerprint density at radius 3 is 2.71 bits per heavy atom. The quantitative estimate of drug-likeness (QED) is 0.906. The normalized spacial score (nSPS) is 12.8. The molecule has 17 heavy (non-hydrogen) atoms. The van der Waals surface area contributed by atoms with E-state index < -0.39 is 6.04 Å². The second-order valence-corrected chi connectivity index (χ2v) is 5.47. The molecule has 0 aliphatic rings. The SMILES string of the molecule is Cc1nc(C)c(C(N)c2cc(F)ccc2Cl)s1. The van der Waals surface area contributed by atoms with Crippen molar-refractivity contribution in [2.24, 2.45) is 5.73 Å². The summed E-state index contributed by atoms with van der Waals surface area (Å²) in [5, 5.41) is 1.42. The van der Waals surface area contributed by atoms with Crippen molar-refractivity contribution in [3.8, 4) is 0 Å². The van der Waals surface area contributed by atoms with Gasteiger partial charge in [0.15, 0.2) is 0 Å². The standard InChI is InChI=1S/C12H12ClFN2S/c1-6-12(17-7(2)16-6)11(15)9-5-8(14)3-4-10(9)13/h3-5,11H,15H2,1-2H3. The van der Waals surface area contributed by atoms with Gasteiger partial charge in [0.25, 0.3) is 0 Å². The molecule has 0 bridgehead atoms. The van der Waals surface area contributed by atoms with Crippen LogP contribution in [0.3, 0.4) is 0 Å². The molecule has 5 heteroatoms. The lowest BCUT2D eigenvalue weighted by atomic mass is 10.1. The highest BCUT2D eigenvalue weighted by Gasteiger charge is 2.18. The molecule has 2 N–H and O–H groups in total. The summed E-state index contributed by atoms with van der Waals surface area (Å²) in [5.41, 5.74) is 7.59. The number of nitrogens with zero attached hydrogens (tertiary/aromatic N) is 1. The van der Waals surface area contributed by atoms with Crippen molar-refractivity contribution in [3.05, 3.63) is 50.2 Å². The predicted molar refractivity (Wildman–Crippen MR) is 69.0 cm³/mol. The number of benzene rings is 1. The van der Waals surface area contributed by atoms with E-state index in [1.54, 1.807) is 0 Å². The number of nitrogens with two attached hydrogens (primary N) is 1. The highest BCUT2D eigenvalue weighted by Crippen LogP contribution is 2.32. The van der Waals surface area contributed by atoms with Crippen molar-refractivity contribution in [1.82, 2.24) is 4.98 Å². The summed E-state index contributed by atoms with van der Waals surface area (Å²) >= 11 is 7.55. The molecule has 0 saturated heterocycles. The Balaban J connectivity index is 2.46. The first kappa shape index (κ1) is 12.5. The molecule has 0 saturated carbocycles. The van der Waals surface area contributed by atoms with E-state index in [-0.39, 0.29) is 5.82 Å². The third-order valence-corrected chi connectivity index (χ3v) is 4.02. The van der Waals surface area contributed by atoms with Gasteiger partial charge in [-0.15, -0.1) is 11.3 Å². The number of halogens is 2. The highest BCUT2D eigenvalue weighted by molar-refractivity contribution is 7.11. The molecule has 2 aromatic rings. The maximum Gasteiger partial charge on any atom is 0.123 e. The molecule has 1 aromatic heterocycles.